The van der Waals surface area contributed by atoms with Crippen LogP contribution < -0.4 is 9.47 Å². The second-order valence-electron chi connectivity index (χ2n) is 10.4. The number of carboxylic acids is 1. The van der Waals surface area contributed by atoms with Crippen LogP contribution in [-0.4, -0.2) is 52.3 Å². The van der Waals surface area contributed by atoms with Gasteiger partial charge in [-0.1, -0.05) is 66.7 Å². The molecule has 1 heterocycles. The third-order valence-electron chi connectivity index (χ3n) is 7.75. The summed E-state index contributed by atoms with van der Waals surface area (Å²) in [6, 6.07) is 21.5. The Hall–Kier alpha value is -3.88. The number of aliphatic carboxylic acids is 1. The number of aliphatic hydroxyl groups excluding tert-OH is 1. The van der Waals surface area contributed by atoms with Gasteiger partial charge in [0.05, 0.1) is 19.3 Å². The molecule has 2 N–H and O–H groups in total. The molecular weight excluding hydrogens is 510 g/mol. The average molecular weight is 546 g/mol. The first-order chi connectivity index (χ1) is 19.4. The van der Waals surface area contributed by atoms with E-state index in [0.29, 0.717) is 49.4 Å². The Morgan fingerprint density at radius 1 is 0.950 bits per heavy atom. The molecule has 1 amide bonds. The summed E-state index contributed by atoms with van der Waals surface area (Å²) in [6.07, 6.45) is 1.10. The van der Waals surface area contributed by atoms with Crippen LogP contribution in [0.25, 0.3) is 0 Å². The second-order valence-corrected chi connectivity index (χ2v) is 10.4. The largest absolute Gasteiger partial charge is 0.493 e. The first kappa shape index (κ1) is 27.7. The number of carbonyl (C=O) groups excluding carboxylic acids is 1. The average Bonchev–Trinajstić information content (AvgIpc) is 2.99. The van der Waals surface area contributed by atoms with E-state index in [4.69, 9.17) is 14.2 Å². The van der Waals surface area contributed by atoms with Crippen molar-refractivity contribution in [1.82, 2.24) is 4.90 Å². The van der Waals surface area contributed by atoms with Gasteiger partial charge in [0.2, 0.25) is 0 Å². The zero-order valence-electron chi connectivity index (χ0n) is 22.6. The van der Waals surface area contributed by atoms with Gasteiger partial charge < -0.3 is 29.3 Å². The lowest BCUT2D eigenvalue weighted by Gasteiger charge is -2.38. The number of amides is 1. The number of hydrogen-bond acceptors (Lipinski definition) is 6. The van der Waals surface area contributed by atoms with Crippen molar-refractivity contribution in [2.24, 2.45) is 0 Å². The number of methoxy groups -OCH3 is 1. The predicted molar refractivity (Wildman–Crippen MR) is 148 cm³/mol. The molecule has 0 unspecified atom stereocenters. The van der Waals surface area contributed by atoms with E-state index in [9.17, 15) is 19.8 Å². The Labute approximate surface area is 234 Å². The third-order valence-corrected chi connectivity index (χ3v) is 7.75. The number of aliphatic hydroxyl groups is 1. The van der Waals surface area contributed by atoms with E-state index < -0.39 is 24.0 Å². The summed E-state index contributed by atoms with van der Waals surface area (Å²) in [4.78, 5) is 28.1. The zero-order valence-corrected chi connectivity index (χ0v) is 22.6. The molecule has 3 aromatic carbocycles. The Morgan fingerprint density at radius 3 is 2.27 bits per heavy atom. The van der Waals surface area contributed by atoms with E-state index in [1.54, 1.807) is 13.2 Å². The lowest BCUT2D eigenvalue weighted by atomic mass is 9.91. The second kappa shape index (κ2) is 12.5. The number of carbonyl (C=O) groups is 2. The van der Waals surface area contributed by atoms with Crippen LogP contribution in [0.1, 0.15) is 54.0 Å². The fraction of sp³-hybridized carbons (Fsp3) is 0.375. The van der Waals surface area contributed by atoms with Crippen molar-refractivity contribution in [1.29, 1.82) is 0 Å². The monoisotopic (exact) mass is 545 g/mol. The van der Waals surface area contributed by atoms with Gasteiger partial charge in [0.15, 0.2) is 17.6 Å². The van der Waals surface area contributed by atoms with E-state index in [-0.39, 0.29) is 25.2 Å². The standard InChI is InChI=1S/C32H35NO7/c1-38-28-17-12-23-19-33(27(32(36)37)18-26(23)30(28)39-20-21-8-4-2-5-9-21)31(35)29(22-10-6-3-7-11-22)40-25-15-13-24(34)14-16-25/h2-12,17,24-25,27,29,34H,13-16,18-20H2,1H3,(H,36,37)/t24?,25?,27-,29-/m1/s1. The molecule has 8 nitrogen and oxygen atoms in total. The maximum absolute atomic E-state index is 14.1. The summed E-state index contributed by atoms with van der Waals surface area (Å²) >= 11 is 0. The number of ether oxygens (including phenoxy) is 3. The van der Waals surface area contributed by atoms with Gasteiger partial charge in [-0.15, -0.1) is 0 Å². The Bertz CT molecular complexity index is 1310. The van der Waals surface area contributed by atoms with E-state index in [0.717, 1.165) is 16.7 Å². The number of hydrogen-bond donors (Lipinski definition) is 2. The summed E-state index contributed by atoms with van der Waals surface area (Å²) in [6.45, 7) is 0.404. The molecule has 1 fully saturated rings. The van der Waals surface area contributed by atoms with Crippen LogP contribution >= 0.6 is 0 Å². The van der Waals surface area contributed by atoms with E-state index in [1.165, 1.54) is 4.90 Å². The van der Waals surface area contributed by atoms with Gasteiger partial charge in [-0.3, -0.25) is 4.79 Å². The van der Waals surface area contributed by atoms with Crippen LogP contribution in [0.3, 0.4) is 0 Å². The maximum Gasteiger partial charge on any atom is 0.326 e. The molecule has 5 rings (SSSR count). The first-order valence-electron chi connectivity index (χ1n) is 13.7. The van der Waals surface area contributed by atoms with Gasteiger partial charge in [-0.05, 0) is 48.4 Å². The molecule has 0 bridgehead atoms. The molecule has 1 aliphatic carbocycles. The van der Waals surface area contributed by atoms with Crippen molar-refractivity contribution < 1.29 is 34.0 Å². The fourth-order valence-electron chi connectivity index (χ4n) is 5.55. The van der Waals surface area contributed by atoms with Gasteiger partial charge in [0, 0.05) is 18.5 Å². The molecule has 8 heteroatoms. The van der Waals surface area contributed by atoms with Crippen molar-refractivity contribution in [2.75, 3.05) is 7.11 Å². The van der Waals surface area contributed by atoms with Crippen molar-refractivity contribution in [3.05, 3.63) is 95.1 Å². The normalized spacial score (nSPS) is 21.2. The van der Waals surface area contributed by atoms with Crippen LogP contribution in [0.2, 0.25) is 0 Å². The summed E-state index contributed by atoms with van der Waals surface area (Å²) < 4.78 is 18.1. The van der Waals surface area contributed by atoms with Crippen molar-refractivity contribution in [3.63, 3.8) is 0 Å². The third kappa shape index (κ3) is 6.13. The number of benzene rings is 3. The number of nitrogens with zero attached hydrogens (tertiary/aromatic N) is 1. The van der Waals surface area contributed by atoms with Crippen molar-refractivity contribution in [3.8, 4) is 11.5 Å². The minimum Gasteiger partial charge on any atom is -0.493 e. The van der Waals surface area contributed by atoms with E-state index >= 15 is 0 Å². The Kier molecular flexibility index (Phi) is 8.67. The maximum atomic E-state index is 14.1. The van der Waals surface area contributed by atoms with Crippen LogP contribution in [0.4, 0.5) is 0 Å². The molecular formula is C32H35NO7. The molecule has 0 saturated heterocycles. The molecule has 1 saturated carbocycles. The summed E-state index contributed by atoms with van der Waals surface area (Å²) in [5, 5.41) is 20.2. The van der Waals surface area contributed by atoms with Crippen LogP contribution in [-0.2, 0) is 33.9 Å². The first-order valence-corrected chi connectivity index (χ1v) is 13.7. The zero-order chi connectivity index (χ0) is 28.1. The molecule has 2 atom stereocenters. The lowest BCUT2D eigenvalue weighted by Crippen LogP contribution is -2.51. The summed E-state index contributed by atoms with van der Waals surface area (Å²) in [5.41, 5.74) is 3.19. The molecule has 3 aromatic rings. The van der Waals surface area contributed by atoms with E-state index in [2.05, 4.69) is 0 Å². The van der Waals surface area contributed by atoms with Gasteiger partial charge in [-0.2, -0.15) is 0 Å². The molecule has 2 aliphatic rings. The highest BCUT2D eigenvalue weighted by Gasteiger charge is 2.41. The van der Waals surface area contributed by atoms with Crippen LogP contribution in [0, 0.1) is 0 Å². The molecule has 0 radical (unpaired) electrons. The number of carboxylic acid groups (broad SMARTS) is 1. The quantitative estimate of drug-likeness (QED) is 0.402. The highest BCUT2D eigenvalue weighted by Crippen LogP contribution is 2.40. The Morgan fingerprint density at radius 2 is 1.62 bits per heavy atom. The smallest absolute Gasteiger partial charge is 0.326 e. The van der Waals surface area contributed by atoms with Crippen molar-refractivity contribution >= 4 is 11.9 Å². The molecule has 0 spiro atoms. The lowest BCUT2D eigenvalue weighted by molar-refractivity contribution is -0.161. The van der Waals surface area contributed by atoms with Gasteiger partial charge in [0.25, 0.3) is 5.91 Å². The SMILES string of the molecule is COc1ccc2c(c1OCc1ccccc1)C[C@H](C(=O)O)N(C(=O)[C@H](OC1CCC(O)CC1)c1ccccc1)C2. The van der Waals surface area contributed by atoms with E-state index in [1.807, 2.05) is 66.7 Å². The minimum absolute atomic E-state index is 0.0782. The van der Waals surface area contributed by atoms with Crippen LogP contribution in [0.15, 0.2) is 72.8 Å². The van der Waals surface area contributed by atoms with Gasteiger partial charge >= 0.3 is 5.97 Å². The highest BCUT2D eigenvalue weighted by molar-refractivity contribution is 5.88. The molecule has 1 aliphatic heterocycles. The number of rotatable bonds is 9. The van der Waals surface area contributed by atoms with Gasteiger partial charge in [-0.25, -0.2) is 4.79 Å². The topological polar surface area (TPSA) is 106 Å². The van der Waals surface area contributed by atoms with Crippen molar-refractivity contribution in [2.45, 2.75) is 69.6 Å². The number of fused-ring (bicyclic) bond motifs is 1. The molecule has 210 valence electrons. The molecule has 0 aromatic heterocycles. The summed E-state index contributed by atoms with van der Waals surface area (Å²) in [7, 11) is 1.55. The minimum atomic E-state index is -1.10. The summed E-state index contributed by atoms with van der Waals surface area (Å²) in [5.74, 6) is -0.469. The van der Waals surface area contributed by atoms with Crippen LogP contribution in [0.5, 0.6) is 11.5 Å². The predicted octanol–water partition coefficient (Wildman–Crippen LogP) is 4.67. The highest BCUT2D eigenvalue weighted by atomic mass is 16.5. The fourth-order valence-corrected chi connectivity index (χ4v) is 5.55. The molecule has 40 heavy (non-hydrogen) atoms. The van der Waals surface area contributed by atoms with Gasteiger partial charge in [0.1, 0.15) is 12.6 Å². The Balaban J connectivity index is 1.44.